The molecule has 6 nitrogen and oxygen atoms in total. The van der Waals surface area contributed by atoms with Gasteiger partial charge in [0.2, 0.25) is 0 Å². The van der Waals surface area contributed by atoms with Crippen LogP contribution in [-0.2, 0) is 4.74 Å². The van der Waals surface area contributed by atoms with Gasteiger partial charge in [-0.3, -0.25) is 4.99 Å². The summed E-state index contributed by atoms with van der Waals surface area (Å²) in [5.74, 6) is 1.51. The van der Waals surface area contributed by atoms with Crippen LogP contribution in [0.1, 0.15) is 18.2 Å². The summed E-state index contributed by atoms with van der Waals surface area (Å²) in [5, 5.41) is 2.20. The average Bonchev–Trinajstić information content (AvgIpc) is 3.21. The van der Waals surface area contributed by atoms with Crippen molar-refractivity contribution in [2.75, 3.05) is 27.0 Å². The number of fused-ring (bicyclic) bond motifs is 4. The van der Waals surface area contributed by atoms with Gasteiger partial charge in [0.25, 0.3) is 0 Å². The molecule has 0 saturated carbocycles. The van der Waals surface area contributed by atoms with E-state index in [2.05, 4.69) is 32.0 Å². The average molecular weight is 359 g/mol. The number of ether oxygens (including phenoxy) is 2. The molecule has 2 aliphatic rings. The molecule has 0 bridgehead atoms. The fourth-order valence-electron chi connectivity index (χ4n) is 3.61. The number of hydrogen-bond acceptors (Lipinski definition) is 6. The first-order chi connectivity index (χ1) is 13.8. The number of aliphatic imine (C=N–C) groups is 1. The fraction of sp³-hybridized carbons (Fsp3) is 0.190. The SMILES string of the molecule is [2H]c1ncnc2c1C1=NCCN1C(c1cc(OCOC)cc3ccccc13)=C2. The summed E-state index contributed by atoms with van der Waals surface area (Å²) in [6.07, 6.45) is 3.64. The summed E-state index contributed by atoms with van der Waals surface area (Å²) in [6.45, 7) is 1.62. The zero-order valence-electron chi connectivity index (χ0n) is 15.8. The number of benzene rings is 2. The van der Waals surface area contributed by atoms with Crippen LogP contribution >= 0.6 is 0 Å². The predicted octanol–water partition coefficient (Wildman–Crippen LogP) is 3.19. The molecule has 0 N–H and O–H groups in total. The molecule has 2 aliphatic heterocycles. The normalized spacial score (nSPS) is 15.7. The van der Waals surface area contributed by atoms with Crippen molar-refractivity contribution in [1.82, 2.24) is 14.9 Å². The van der Waals surface area contributed by atoms with Gasteiger partial charge in [-0.05, 0) is 29.0 Å². The highest BCUT2D eigenvalue weighted by Gasteiger charge is 2.30. The zero-order valence-corrected chi connectivity index (χ0v) is 14.8. The number of nitrogens with zero attached hydrogens (tertiary/aromatic N) is 4. The maximum Gasteiger partial charge on any atom is 0.188 e. The minimum absolute atomic E-state index is 0.186. The predicted molar refractivity (Wildman–Crippen MR) is 104 cm³/mol. The third-order valence-electron chi connectivity index (χ3n) is 4.77. The van der Waals surface area contributed by atoms with E-state index in [1.807, 2.05) is 30.3 Å². The molecule has 0 atom stereocenters. The molecule has 134 valence electrons. The highest BCUT2D eigenvalue weighted by molar-refractivity contribution is 6.13. The summed E-state index contributed by atoms with van der Waals surface area (Å²) in [4.78, 5) is 15.2. The van der Waals surface area contributed by atoms with Gasteiger partial charge in [0, 0.05) is 25.4 Å². The van der Waals surface area contributed by atoms with Crippen LogP contribution in [0.3, 0.4) is 0 Å². The molecule has 0 saturated heterocycles. The molecule has 0 spiro atoms. The summed E-state index contributed by atoms with van der Waals surface area (Å²) < 4.78 is 19.0. The summed E-state index contributed by atoms with van der Waals surface area (Å²) in [7, 11) is 1.60. The Balaban J connectivity index is 1.74. The van der Waals surface area contributed by atoms with Crippen LogP contribution in [0.4, 0.5) is 0 Å². The smallest absolute Gasteiger partial charge is 0.188 e. The number of rotatable bonds is 4. The first-order valence-electron chi connectivity index (χ1n) is 9.27. The lowest BCUT2D eigenvalue weighted by atomic mass is 9.97. The van der Waals surface area contributed by atoms with Crippen molar-refractivity contribution in [3.8, 4) is 5.75 Å². The van der Waals surface area contributed by atoms with Crippen molar-refractivity contribution in [3.63, 3.8) is 0 Å². The summed E-state index contributed by atoms with van der Waals surface area (Å²) in [5.41, 5.74) is 3.45. The van der Waals surface area contributed by atoms with E-state index in [0.717, 1.165) is 45.9 Å². The molecule has 0 fully saturated rings. The van der Waals surface area contributed by atoms with Crippen molar-refractivity contribution < 1.29 is 10.8 Å². The van der Waals surface area contributed by atoms with E-state index in [4.69, 9.17) is 10.8 Å². The molecule has 0 radical (unpaired) electrons. The van der Waals surface area contributed by atoms with E-state index in [9.17, 15) is 0 Å². The second-order valence-corrected chi connectivity index (χ2v) is 6.38. The van der Waals surface area contributed by atoms with Gasteiger partial charge in [0.15, 0.2) is 6.79 Å². The Hall–Kier alpha value is -3.25. The topological polar surface area (TPSA) is 59.8 Å². The Morgan fingerprint density at radius 1 is 1.22 bits per heavy atom. The van der Waals surface area contributed by atoms with Crippen LogP contribution in [0.2, 0.25) is 0 Å². The number of methoxy groups -OCH3 is 1. The van der Waals surface area contributed by atoms with Crippen molar-refractivity contribution >= 4 is 28.4 Å². The zero-order chi connectivity index (χ0) is 19.1. The molecular formula is C21H18N4O2. The van der Waals surface area contributed by atoms with Crippen LogP contribution in [0.25, 0.3) is 22.5 Å². The van der Waals surface area contributed by atoms with E-state index in [0.29, 0.717) is 12.1 Å². The molecule has 1 aromatic heterocycles. The fourth-order valence-corrected chi connectivity index (χ4v) is 3.61. The Morgan fingerprint density at radius 2 is 2.15 bits per heavy atom. The number of amidine groups is 1. The largest absolute Gasteiger partial charge is 0.468 e. The monoisotopic (exact) mass is 359 g/mol. The number of aromatic nitrogens is 2. The minimum Gasteiger partial charge on any atom is -0.468 e. The van der Waals surface area contributed by atoms with E-state index in [1.54, 1.807) is 7.11 Å². The van der Waals surface area contributed by atoms with Crippen molar-refractivity contribution in [2.24, 2.45) is 4.99 Å². The molecule has 3 heterocycles. The minimum atomic E-state index is 0.186. The van der Waals surface area contributed by atoms with Crippen molar-refractivity contribution in [2.45, 2.75) is 0 Å². The van der Waals surface area contributed by atoms with Gasteiger partial charge in [-0.15, -0.1) is 0 Å². The van der Waals surface area contributed by atoms with Gasteiger partial charge in [0.05, 0.1) is 24.9 Å². The molecule has 6 heteroatoms. The number of hydrogen-bond donors (Lipinski definition) is 0. The molecule has 27 heavy (non-hydrogen) atoms. The van der Waals surface area contributed by atoms with Crippen LogP contribution in [0.15, 0.2) is 53.9 Å². The van der Waals surface area contributed by atoms with Crippen LogP contribution in [-0.4, -0.2) is 47.7 Å². The van der Waals surface area contributed by atoms with E-state index in [1.165, 1.54) is 6.33 Å². The highest BCUT2D eigenvalue weighted by Crippen LogP contribution is 2.37. The Morgan fingerprint density at radius 3 is 3.07 bits per heavy atom. The molecule has 3 aromatic rings. The lowest BCUT2D eigenvalue weighted by Crippen LogP contribution is -2.30. The first kappa shape index (κ1) is 14.9. The van der Waals surface area contributed by atoms with Crippen LogP contribution in [0, 0.1) is 0 Å². The third kappa shape index (κ3) is 2.65. The molecule has 5 rings (SSSR count). The van der Waals surface area contributed by atoms with Gasteiger partial charge >= 0.3 is 0 Å². The Labute approximate surface area is 158 Å². The van der Waals surface area contributed by atoms with Gasteiger partial charge in [-0.1, -0.05) is 24.3 Å². The van der Waals surface area contributed by atoms with Gasteiger partial charge < -0.3 is 14.4 Å². The van der Waals surface area contributed by atoms with Crippen molar-refractivity contribution in [1.29, 1.82) is 0 Å². The van der Waals surface area contributed by atoms with Gasteiger partial charge in [0.1, 0.15) is 17.9 Å². The van der Waals surface area contributed by atoms with Crippen LogP contribution < -0.4 is 4.74 Å². The second-order valence-electron chi connectivity index (χ2n) is 6.38. The molecule has 0 amide bonds. The standard InChI is InChI=1S/C21H18N4O2/c1-26-13-27-15-8-14-4-2-3-5-16(14)17(9-15)20-10-19-18(11-22-12-24-19)21-23-6-7-25(20)21/h2-5,8-12H,6-7,13H2,1H3/i11D. The van der Waals surface area contributed by atoms with E-state index in [-0.39, 0.29) is 13.0 Å². The molecular weight excluding hydrogens is 340 g/mol. The summed E-state index contributed by atoms with van der Waals surface area (Å²) in [6, 6.07) is 12.2. The first-order valence-corrected chi connectivity index (χ1v) is 8.77. The lowest BCUT2D eigenvalue weighted by molar-refractivity contribution is 0.0512. The van der Waals surface area contributed by atoms with Crippen LogP contribution in [0.5, 0.6) is 5.75 Å². The van der Waals surface area contributed by atoms with E-state index < -0.39 is 0 Å². The quantitative estimate of drug-likeness (QED) is 0.670. The Kier molecular flexibility index (Phi) is 3.57. The second kappa shape index (κ2) is 6.48. The molecule has 2 aromatic carbocycles. The molecule has 0 aliphatic carbocycles. The Bertz CT molecular complexity index is 1140. The maximum absolute atomic E-state index is 8.19. The maximum atomic E-state index is 8.19. The van der Waals surface area contributed by atoms with E-state index >= 15 is 0 Å². The van der Waals surface area contributed by atoms with Gasteiger partial charge in [-0.25, -0.2) is 9.97 Å². The molecule has 0 unspecified atom stereocenters. The lowest BCUT2D eigenvalue weighted by Gasteiger charge is -2.29. The third-order valence-corrected chi connectivity index (χ3v) is 4.77. The summed E-state index contributed by atoms with van der Waals surface area (Å²) >= 11 is 0. The van der Waals surface area contributed by atoms with Crippen molar-refractivity contribution in [3.05, 3.63) is 65.7 Å². The highest BCUT2D eigenvalue weighted by atomic mass is 16.7. The van der Waals surface area contributed by atoms with Gasteiger partial charge in [-0.2, -0.15) is 0 Å².